The second-order valence-electron chi connectivity index (χ2n) is 5.90. The van der Waals surface area contributed by atoms with E-state index in [4.69, 9.17) is 11.6 Å². The van der Waals surface area contributed by atoms with Crippen LogP contribution in [0.2, 0.25) is 0 Å². The van der Waals surface area contributed by atoms with Gasteiger partial charge in [-0.1, -0.05) is 6.92 Å². The summed E-state index contributed by atoms with van der Waals surface area (Å²) < 4.78 is 164. The van der Waals surface area contributed by atoms with Crippen LogP contribution in [0.4, 0.5) is 52.7 Å². The van der Waals surface area contributed by atoms with Gasteiger partial charge in [0.05, 0.1) is 12.0 Å². The molecule has 0 heterocycles. The van der Waals surface area contributed by atoms with Crippen molar-refractivity contribution >= 4 is 17.6 Å². The fourth-order valence-electron chi connectivity index (χ4n) is 1.69. The Hall–Kier alpha value is -1.12. The third-order valence-corrected chi connectivity index (χ3v) is 3.65. The van der Waals surface area contributed by atoms with Gasteiger partial charge in [0, 0.05) is 6.42 Å². The molecule has 1 unspecified atom stereocenters. The van der Waals surface area contributed by atoms with Crippen molar-refractivity contribution in [1.29, 1.82) is 0 Å². The highest BCUT2D eigenvalue weighted by Gasteiger charge is 2.87. The summed E-state index contributed by atoms with van der Waals surface area (Å²) in [4.78, 5) is 11.0. The maximum Gasteiger partial charge on any atom is 0.384 e. The Morgan fingerprint density at radius 2 is 1.37 bits per heavy atom. The summed E-state index contributed by atoms with van der Waals surface area (Å²) in [5.74, 6) is -36.4. The van der Waals surface area contributed by atoms with Crippen molar-refractivity contribution in [3.8, 4) is 0 Å². The van der Waals surface area contributed by atoms with Gasteiger partial charge in [0.1, 0.15) is 13.2 Å². The van der Waals surface area contributed by atoms with Crippen LogP contribution < -0.4 is 0 Å². The maximum absolute atomic E-state index is 13.4. The minimum Gasteiger partial charge on any atom is -0.464 e. The summed E-state index contributed by atoms with van der Waals surface area (Å²) >= 11 is 5.44. The lowest BCUT2D eigenvalue weighted by Gasteiger charge is -2.39. The molecule has 0 aromatic carbocycles. The molecule has 180 valence electrons. The van der Waals surface area contributed by atoms with Crippen LogP contribution in [0, 0.1) is 0 Å². The van der Waals surface area contributed by atoms with Gasteiger partial charge in [0.25, 0.3) is 0 Å². The van der Waals surface area contributed by atoms with E-state index in [2.05, 4.69) is 9.47 Å². The molecule has 0 N–H and O–H groups in total. The molecule has 3 nitrogen and oxygen atoms in total. The van der Waals surface area contributed by atoms with Crippen LogP contribution in [0.5, 0.6) is 0 Å². The largest absolute Gasteiger partial charge is 0.464 e. The minimum atomic E-state index is -7.61. The third-order valence-electron chi connectivity index (χ3n) is 3.40. The predicted octanol–water partition coefficient (Wildman–Crippen LogP) is 5.40. The second kappa shape index (κ2) is 10.0. The lowest BCUT2D eigenvalue weighted by atomic mass is 9.94. The zero-order valence-corrected chi connectivity index (χ0v) is 15.6. The molecule has 0 spiro atoms. The van der Waals surface area contributed by atoms with E-state index in [1.807, 2.05) is 0 Å². The molecule has 0 aromatic heterocycles. The van der Waals surface area contributed by atoms with Crippen molar-refractivity contribution in [3.05, 3.63) is 0 Å². The second-order valence-corrected chi connectivity index (χ2v) is 6.51. The number of rotatable bonds is 13. The van der Waals surface area contributed by atoms with E-state index in [0.29, 0.717) is 6.42 Å². The Balaban J connectivity index is 5.23. The SMILES string of the molecule is CCCC(=O)OCC(Cl)COCC(F)(F)C(F)(F)C(F)(F)C(F)(F)C(F)(F)C(F)F. The first kappa shape index (κ1) is 28.9. The Morgan fingerprint density at radius 1 is 0.867 bits per heavy atom. The number of halogens is 13. The van der Waals surface area contributed by atoms with Gasteiger partial charge in [-0.3, -0.25) is 4.79 Å². The Morgan fingerprint density at radius 3 is 1.80 bits per heavy atom. The highest BCUT2D eigenvalue weighted by Crippen LogP contribution is 2.58. The summed E-state index contributed by atoms with van der Waals surface area (Å²) in [6, 6.07) is 0. The number of carbonyl (C=O) groups is 1. The molecule has 0 fully saturated rings. The molecule has 16 heteroatoms. The van der Waals surface area contributed by atoms with E-state index in [9.17, 15) is 57.5 Å². The Bertz CT molecular complexity index is 570. The zero-order valence-electron chi connectivity index (χ0n) is 14.8. The fraction of sp³-hybridized carbons (Fsp3) is 0.929. The van der Waals surface area contributed by atoms with Crippen LogP contribution in [0.1, 0.15) is 19.8 Å². The number of hydrogen-bond acceptors (Lipinski definition) is 3. The van der Waals surface area contributed by atoms with Crippen LogP contribution in [-0.2, 0) is 14.3 Å². The first-order valence-corrected chi connectivity index (χ1v) is 8.27. The van der Waals surface area contributed by atoms with Crippen molar-refractivity contribution in [1.82, 2.24) is 0 Å². The average molecular weight is 495 g/mol. The van der Waals surface area contributed by atoms with Gasteiger partial charge in [-0.15, -0.1) is 11.6 Å². The average Bonchev–Trinajstić information content (AvgIpc) is 2.59. The number of carbonyl (C=O) groups excluding carboxylic acids is 1. The van der Waals surface area contributed by atoms with Gasteiger partial charge in [-0.05, 0) is 6.42 Å². The van der Waals surface area contributed by atoms with E-state index < -0.39 is 67.2 Å². The van der Waals surface area contributed by atoms with Gasteiger partial charge in [0.2, 0.25) is 0 Å². The first-order chi connectivity index (χ1) is 13.3. The monoisotopic (exact) mass is 494 g/mol. The summed E-state index contributed by atoms with van der Waals surface area (Å²) in [7, 11) is 0. The lowest BCUT2D eigenvalue weighted by molar-refractivity contribution is -0.415. The molecule has 1 atom stereocenters. The fourth-order valence-corrected chi connectivity index (χ4v) is 1.84. The summed E-state index contributed by atoms with van der Waals surface area (Å²) in [6.45, 7) is -2.95. The van der Waals surface area contributed by atoms with Gasteiger partial charge in [0.15, 0.2) is 0 Å². The molecule has 0 aliphatic rings. The van der Waals surface area contributed by atoms with Crippen LogP contribution >= 0.6 is 11.6 Å². The van der Waals surface area contributed by atoms with Crippen molar-refractivity contribution in [3.63, 3.8) is 0 Å². The summed E-state index contributed by atoms with van der Waals surface area (Å²) in [5.41, 5.74) is 0. The standard InChI is InChI=1S/C14H15ClF12O3/c1-2-3-8(28)30-5-7(15)4-29-6-10(18,19)12(22,23)14(26,27)13(24,25)11(20,21)9(16)17/h7,9H,2-6H2,1H3. The molecule has 0 aliphatic heterocycles. The van der Waals surface area contributed by atoms with Crippen molar-refractivity contribution in [2.45, 2.75) is 61.2 Å². The predicted molar refractivity (Wildman–Crippen MR) is 77.1 cm³/mol. The molecule has 0 aliphatic carbocycles. The van der Waals surface area contributed by atoms with Crippen LogP contribution in [0.25, 0.3) is 0 Å². The number of ether oxygens (including phenoxy) is 2. The molecule has 0 bridgehead atoms. The Kier molecular flexibility index (Phi) is 9.63. The molecule has 30 heavy (non-hydrogen) atoms. The summed E-state index contributed by atoms with van der Waals surface area (Å²) in [6.07, 6.45) is -5.25. The van der Waals surface area contributed by atoms with E-state index in [0.717, 1.165) is 0 Å². The molecule has 0 saturated carbocycles. The smallest absolute Gasteiger partial charge is 0.384 e. The van der Waals surface area contributed by atoms with E-state index in [-0.39, 0.29) is 6.42 Å². The molecule has 0 saturated heterocycles. The van der Waals surface area contributed by atoms with Crippen molar-refractivity contribution < 1.29 is 67.0 Å². The van der Waals surface area contributed by atoms with Crippen LogP contribution in [0.3, 0.4) is 0 Å². The normalized spacial score (nSPS) is 15.4. The highest BCUT2D eigenvalue weighted by molar-refractivity contribution is 6.20. The van der Waals surface area contributed by atoms with E-state index >= 15 is 0 Å². The molecule has 0 radical (unpaired) electrons. The number of esters is 1. The van der Waals surface area contributed by atoms with Gasteiger partial charge in [-0.25, -0.2) is 8.78 Å². The zero-order chi connectivity index (χ0) is 24.2. The van der Waals surface area contributed by atoms with Crippen molar-refractivity contribution in [2.75, 3.05) is 19.8 Å². The topological polar surface area (TPSA) is 35.5 Å². The molecule has 0 aromatic rings. The number of hydrogen-bond donors (Lipinski definition) is 0. The van der Waals surface area contributed by atoms with Gasteiger partial charge >= 0.3 is 42.0 Å². The van der Waals surface area contributed by atoms with E-state index in [1.165, 1.54) is 0 Å². The molecule has 0 amide bonds. The third kappa shape index (κ3) is 5.77. The van der Waals surface area contributed by atoms with E-state index in [1.54, 1.807) is 6.92 Å². The lowest BCUT2D eigenvalue weighted by Crippen LogP contribution is -2.69. The van der Waals surface area contributed by atoms with Gasteiger partial charge in [-0.2, -0.15) is 43.9 Å². The molecular weight excluding hydrogens is 480 g/mol. The summed E-state index contributed by atoms with van der Waals surface area (Å²) in [5, 5.41) is -1.46. The minimum absolute atomic E-state index is 0.0543. The van der Waals surface area contributed by atoms with Crippen LogP contribution in [-0.4, -0.2) is 67.2 Å². The molecule has 0 rings (SSSR count). The highest BCUT2D eigenvalue weighted by atomic mass is 35.5. The van der Waals surface area contributed by atoms with Crippen molar-refractivity contribution in [2.24, 2.45) is 0 Å². The van der Waals surface area contributed by atoms with Gasteiger partial charge < -0.3 is 9.47 Å². The van der Waals surface area contributed by atoms with Crippen LogP contribution in [0.15, 0.2) is 0 Å². The Labute approximate surface area is 166 Å². The first-order valence-electron chi connectivity index (χ1n) is 7.84. The molecular formula is C14H15ClF12O3. The maximum atomic E-state index is 13.4. The quantitative estimate of drug-likeness (QED) is 0.196. The number of alkyl halides is 13.